The van der Waals surface area contributed by atoms with E-state index in [0.29, 0.717) is 19.4 Å². The second-order valence-electron chi connectivity index (χ2n) is 5.34. The fourth-order valence-corrected chi connectivity index (χ4v) is 2.59. The lowest BCUT2D eigenvalue weighted by Gasteiger charge is -2.07. The number of hydrogen-bond acceptors (Lipinski definition) is 3. The monoisotopic (exact) mass is 309 g/mol. The van der Waals surface area contributed by atoms with Gasteiger partial charge in [-0.25, -0.2) is 0 Å². The average Bonchev–Trinajstić information content (AvgIpc) is 3.02. The van der Waals surface area contributed by atoms with Crippen molar-refractivity contribution >= 4 is 16.9 Å². The SMILES string of the molecule is COC(=O)CCc1c[nH]c2c(OCc3ccccc3)cccc12. The molecule has 0 unspecified atom stereocenters. The molecule has 2 aromatic carbocycles. The molecular weight excluding hydrogens is 290 g/mol. The van der Waals surface area contributed by atoms with E-state index >= 15 is 0 Å². The summed E-state index contributed by atoms with van der Waals surface area (Å²) < 4.78 is 10.6. The van der Waals surface area contributed by atoms with Gasteiger partial charge >= 0.3 is 5.97 Å². The Balaban J connectivity index is 1.77. The fourth-order valence-electron chi connectivity index (χ4n) is 2.59. The number of benzene rings is 2. The maximum atomic E-state index is 11.3. The highest BCUT2D eigenvalue weighted by atomic mass is 16.5. The topological polar surface area (TPSA) is 51.3 Å². The van der Waals surface area contributed by atoms with Gasteiger partial charge in [-0.15, -0.1) is 0 Å². The van der Waals surface area contributed by atoms with Crippen LogP contribution < -0.4 is 4.74 Å². The number of ether oxygens (including phenoxy) is 2. The van der Waals surface area contributed by atoms with Crippen molar-refractivity contribution in [2.75, 3.05) is 7.11 Å². The summed E-state index contributed by atoms with van der Waals surface area (Å²) in [5, 5.41) is 1.08. The number of esters is 1. The lowest BCUT2D eigenvalue weighted by atomic mass is 10.1. The summed E-state index contributed by atoms with van der Waals surface area (Å²) in [6, 6.07) is 16.0. The van der Waals surface area contributed by atoms with Gasteiger partial charge in [-0.05, 0) is 23.6 Å². The summed E-state index contributed by atoms with van der Waals surface area (Å²) in [5.74, 6) is 0.617. The standard InChI is InChI=1S/C19H19NO3/c1-22-18(21)11-10-15-12-20-19-16(15)8-5-9-17(19)23-13-14-6-3-2-4-7-14/h2-9,12,20H,10-11,13H2,1H3. The summed E-state index contributed by atoms with van der Waals surface area (Å²) in [6.45, 7) is 0.524. The van der Waals surface area contributed by atoms with Crippen molar-refractivity contribution in [2.45, 2.75) is 19.4 Å². The summed E-state index contributed by atoms with van der Waals surface area (Å²) in [7, 11) is 1.41. The van der Waals surface area contributed by atoms with Crippen molar-refractivity contribution in [3.05, 3.63) is 65.9 Å². The first-order valence-corrected chi connectivity index (χ1v) is 7.60. The van der Waals surface area contributed by atoms with Gasteiger partial charge in [0.05, 0.1) is 12.6 Å². The van der Waals surface area contributed by atoms with Gasteiger partial charge in [0.1, 0.15) is 12.4 Å². The molecule has 0 fully saturated rings. The molecule has 1 N–H and O–H groups in total. The molecule has 0 saturated carbocycles. The van der Waals surface area contributed by atoms with Crippen molar-refractivity contribution in [1.29, 1.82) is 0 Å². The van der Waals surface area contributed by atoms with Crippen LogP contribution in [0.3, 0.4) is 0 Å². The number of aromatic nitrogens is 1. The van der Waals surface area contributed by atoms with Crippen LogP contribution in [-0.4, -0.2) is 18.1 Å². The predicted molar refractivity (Wildman–Crippen MR) is 89.4 cm³/mol. The summed E-state index contributed by atoms with van der Waals surface area (Å²) in [4.78, 5) is 14.6. The molecule has 0 spiro atoms. The van der Waals surface area contributed by atoms with Gasteiger partial charge in [0.25, 0.3) is 0 Å². The van der Waals surface area contributed by atoms with E-state index in [9.17, 15) is 4.79 Å². The van der Waals surface area contributed by atoms with Crippen molar-refractivity contribution in [2.24, 2.45) is 0 Å². The second kappa shape index (κ2) is 7.01. The molecule has 1 aromatic heterocycles. The number of carbonyl (C=O) groups is 1. The molecule has 0 aliphatic heterocycles. The number of hydrogen-bond donors (Lipinski definition) is 1. The van der Waals surface area contributed by atoms with E-state index in [0.717, 1.165) is 27.8 Å². The van der Waals surface area contributed by atoms with Crippen LogP contribution >= 0.6 is 0 Å². The molecule has 0 radical (unpaired) electrons. The third-order valence-corrected chi connectivity index (χ3v) is 3.83. The molecule has 23 heavy (non-hydrogen) atoms. The number of aryl methyl sites for hydroxylation is 1. The molecular formula is C19H19NO3. The van der Waals surface area contributed by atoms with Crippen LogP contribution in [0.15, 0.2) is 54.7 Å². The third-order valence-electron chi connectivity index (χ3n) is 3.83. The first kappa shape index (κ1) is 15.2. The van der Waals surface area contributed by atoms with E-state index in [4.69, 9.17) is 9.47 Å². The van der Waals surface area contributed by atoms with E-state index in [-0.39, 0.29) is 5.97 Å². The Labute approximate surface area is 135 Å². The Bertz CT molecular complexity index is 793. The van der Waals surface area contributed by atoms with Crippen LogP contribution in [-0.2, 0) is 22.6 Å². The predicted octanol–water partition coefficient (Wildman–Crippen LogP) is 3.85. The molecule has 1 heterocycles. The van der Waals surface area contributed by atoms with Crippen LogP contribution in [0.1, 0.15) is 17.5 Å². The minimum atomic E-state index is -0.198. The van der Waals surface area contributed by atoms with Crippen molar-refractivity contribution < 1.29 is 14.3 Å². The van der Waals surface area contributed by atoms with Crippen LogP contribution in [0.25, 0.3) is 10.9 Å². The number of fused-ring (bicyclic) bond motifs is 1. The highest BCUT2D eigenvalue weighted by Gasteiger charge is 2.10. The van der Waals surface area contributed by atoms with Gasteiger partial charge in [-0.2, -0.15) is 0 Å². The highest BCUT2D eigenvalue weighted by molar-refractivity contribution is 5.88. The Morgan fingerprint density at radius 3 is 2.70 bits per heavy atom. The van der Waals surface area contributed by atoms with Crippen LogP contribution in [0, 0.1) is 0 Å². The Morgan fingerprint density at radius 1 is 1.09 bits per heavy atom. The van der Waals surface area contributed by atoms with Crippen LogP contribution in [0.5, 0.6) is 5.75 Å². The fraction of sp³-hybridized carbons (Fsp3) is 0.211. The van der Waals surface area contributed by atoms with Crippen LogP contribution in [0.2, 0.25) is 0 Å². The summed E-state index contributed by atoms with van der Waals surface area (Å²) >= 11 is 0. The molecule has 0 bridgehead atoms. The smallest absolute Gasteiger partial charge is 0.305 e. The van der Waals surface area contributed by atoms with E-state index in [1.54, 1.807) is 0 Å². The maximum Gasteiger partial charge on any atom is 0.305 e. The number of carbonyl (C=O) groups excluding carboxylic acids is 1. The minimum absolute atomic E-state index is 0.198. The molecule has 3 rings (SSSR count). The molecule has 4 nitrogen and oxygen atoms in total. The van der Waals surface area contributed by atoms with E-state index in [1.807, 2.05) is 54.7 Å². The number of methoxy groups -OCH3 is 1. The average molecular weight is 309 g/mol. The lowest BCUT2D eigenvalue weighted by molar-refractivity contribution is -0.140. The molecule has 3 aromatic rings. The molecule has 0 amide bonds. The van der Waals surface area contributed by atoms with E-state index in [2.05, 4.69) is 4.98 Å². The van der Waals surface area contributed by atoms with Gasteiger partial charge < -0.3 is 14.5 Å². The molecule has 0 atom stereocenters. The first-order chi connectivity index (χ1) is 11.3. The Kier molecular flexibility index (Phi) is 4.62. The van der Waals surface area contributed by atoms with Crippen molar-refractivity contribution in [1.82, 2.24) is 4.98 Å². The zero-order valence-electron chi connectivity index (χ0n) is 13.0. The molecule has 0 aliphatic rings. The number of H-pyrrole nitrogens is 1. The van der Waals surface area contributed by atoms with E-state index in [1.165, 1.54) is 7.11 Å². The van der Waals surface area contributed by atoms with E-state index < -0.39 is 0 Å². The number of nitrogens with one attached hydrogen (secondary N) is 1. The van der Waals surface area contributed by atoms with Crippen molar-refractivity contribution in [3.8, 4) is 5.75 Å². The number of rotatable bonds is 6. The summed E-state index contributed by atoms with van der Waals surface area (Å²) in [5.41, 5.74) is 3.18. The minimum Gasteiger partial charge on any atom is -0.487 e. The summed E-state index contributed by atoms with van der Waals surface area (Å²) in [6.07, 6.45) is 2.95. The Morgan fingerprint density at radius 2 is 1.91 bits per heavy atom. The van der Waals surface area contributed by atoms with Gasteiger partial charge in [0, 0.05) is 18.0 Å². The highest BCUT2D eigenvalue weighted by Crippen LogP contribution is 2.28. The number of para-hydroxylation sites is 1. The Hall–Kier alpha value is -2.75. The number of aromatic amines is 1. The zero-order valence-corrected chi connectivity index (χ0v) is 13.0. The maximum absolute atomic E-state index is 11.3. The lowest BCUT2D eigenvalue weighted by Crippen LogP contribution is -2.01. The van der Waals surface area contributed by atoms with Crippen LogP contribution in [0.4, 0.5) is 0 Å². The zero-order chi connectivity index (χ0) is 16.1. The second-order valence-corrected chi connectivity index (χ2v) is 5.34. The normalized spacial score (nSPS) is 10.7. The van der Waals surface area contributed by atoms with Crippen molar-refractivity contribution in [3.63, 3.8) is 0 Å². The van der Waals surface area contributed by atoms with Gasteiger partial charge in [-0.3, -0.25) is 4.79 Å². The quantitative estimate of drug-likeness (QED) is 0.704. The molecule has 0 aliphatic carbocycles. The molecule has 4 heteroatoms. The van der Waals surface area contributed by atoms with Gasteiger partial charge in [0.2, 0.25) is 0 Å². The largest absolute Gasteiger partial charge is 0.487 e. The third kappa shape index (κ3) is 3.54. The molecule has 0 saturated heterocycles. The molecule has 118 valence electrons. The first-order valence-electron chi connectivity index (χ1n) is 7.60. The van der Waals surface area contributed by atoms with Gasteiger partial charge in [-0.1, -0.05) is 42.5 Å². The van der Waals surface area contributed by atoms with Gasteiger partial charge in [0.15, 0.2) is 0 Å².